The molecule has 0 saturated carbocycles. The molecule has 84 valence electrons. The second-order valence-electron chi connectivity index (χ2n) is 4.59. The molecule has 1 atom stereocenters. The highest BCUT2D eigenvalue weighted by molar-refractivity contribution is 5.24. The Labute approximate surface area is 93.9 Å². The minimum Gasteiger partial charge on any atom is -0.310 e. The van der Waals surface area contributed by atoms with E-state index in [1.54, 1.807) is 0 Å². The first-order valence-electron chi connectivity index (χ1n) is 5.95. The van der Waals surface area contributed by atoms with E-state index in [-0.39, 0.29) is 0 Å². The summed E-state index contributed by atoms with van der Waals surface area (Å²) >= 11 is 0. The van der Waals surface area contributed by atoms with Crippen LogP contribution in [0.4, 0.5) is 0 Å². The molecule has 0 heterocycles. The molecule has 0 aromatic heterocycles. The number of rotatable bonds is 5. The standard InChI is InChI=1S/C14H23N/c1-5-12(4)15-10-13-6-8-14(9-7-13)11(2)3/h6-9,11-12,15H,5,10H2,1-4H3/t12-/m1/s1. The van der Waals surface area contributed by atoms with Crippen molar-refractivity contribution in [2.45, 2.75) is 52.6 Å². The lowest BCUT2D eigenvalue weighted by Gasteiger charge is -2.12. The van der Waals surface area contributed by atoms with Gasteiger partial charge in [0.1, 0.15) is 0 Å². The van der Waals surface area contributed by atoms with E-state index in [0.717, 1.165) is 6.54 Å². The zero-order valence-electron chi connectivity index (χ0n) is 10.4. The first-order valence-corrected chi connectivity index (χ1v) is 5.95. The Hall–Kier alpha value is -0.820. The van der Waals surface area contributed by atoms with Gasteiger partial charge < -0.3 is 5.32 Å². The Kier molecular flexibility index (Phi) is 4.83. The van der Waals surface area contributed by atoms with E-state index in [4.69, 9.17) is 0 Å². The van der Waals surface area contributed by atoms with Gasteiger partial charge >= 0.3 is 0 Å². The molecule has 1 N–H and O–H groups in total. The summed E-state index contributed by atoms with van der Waals surface area (Å²) in [5.74, 6) is 0.626. The molecule has 1 aromatic rings. The average Bonchev–Trinajstić information content (AvgIpc) is 2.26. The number of hydrogen-bond donors (Lipinski definition) is 1. The number of hydrogen-bond acceptors (Lipinski definition) is 1. The minimum atomic E-state index is 0.606. The van der Waals surface area contributed by atoms with E-state index >= 15 is 0 Å². The Morgan fingerprint density at radius 1 is 1.07 bits per heavy atom. The van der Waals surface area contributed by atoms with Crippen molar-refractivity contribution in [1.82, 2.24) is 5.32 Å². The second-order valence-corrected chi connectivity index (χ2v) is 4.59. The van der Waals surface area contributed by atoms with Crippen LogP contribution < -0.4 is 5.32 Å². The molecule has 0 radical (unpaired) electrons. The summed E-state index contributed by atoms with van der Waals surface area (Å²) in [6.45, 7) is 9.87. The van der Waals surface area contributed by atoms with Crippen LogP contribution in [0.3, 0.4) is 0 Å². The van der Waals surface area contributed by atoms with Crippen molar-refractivity contribution in [2.24, 2.45) is 0 Å². The van der Waals surface area contributed by atoms with Gasteiger partial charge in [-0.05, 0) is 30.4 Å². The fraction of sp³-hybridized carbons (Fsp3) is 0.571. The van der Waals surface area contributed by atoms with Crippen LogP contribution >= 0.6 is 0 Å². The molecular weight excluding hydrogens is 182 g/mol. The summed E-state index contributed by atoms with van der Waals surface area (Å²) in [6, 6.07) is 9.53. The maximum Gasteiger partial charge on any atom is 0.0207 e. The van der Waals surface area contributed by atoms with Gasteiger partial charge in [-0.2, -0.15) is 0 Å². The fourth-order valence-electron chi connectivity index (χ4n) is 1.46. The molecule has 0 aliphatic rings. The van der Waals surface area contributed by atoms with E-state index in [9.17, 15) is 0 Å². The third-order valence-electron chi connectivity index (χ3n) is 2.91. The lowest BCUT2D eigenvalue weighted by atomic mass is 10.0. The third kappa shape index (κ3) is 4.05. The van der Waals surface area contributed by atoms with Crippen molar-refractivity contribution in [3.05, 3.63) is 35.4 Å². The second kappa shape index (κ2) is 5.92. The molecule has 0 spiro atoms. The summed E-state index contributed by atoms with van der Waals surface area (Å²) in [6.07, 6.45) is 1.18. The van der Waals surface area contributed by atoms with Gasteiger partial charge in [0, 0.05) is 12.6 Å². The molecule has 0 aliphatic heterocycles. The van der Waals surface area contributed by atoms with Gasteiger partial charge in [0.25, 0.3) is 0 Å². The molecular formula is C14H23N. The van der Waals surface area contributed by atoms with Gasteiger partial charge in [0.05, 0.1) is 0 Å². The molecule has 0 amide bonds. The maximum absolute atomic E-state index is 3.50. The molecule has 0 saturated heterocycles. The topological polar surface area (TPSA) is 12.0 Å². The zero-order valence-corrected chi connectivity index (χ0v) is 10.4. The number of benzene rings is 1. The van der Waals surface area contributed by atoms with Crippen molar-refractivity contribution >= 4 is 0 Å². The van der Waals surface area contributed by atoms with Gasteiger partial charge in [-0.1, -0.05) is 45.0 Å². The SMILES string of the molecule is CC[C@@H](C)NCc1ccc(C(C)C)cc1. The first kappa shape index (κ1) is 12.3. The normalized spacial score (nSPS) is 13.1. The van der Waals surface area contributed by atoms with Crippen molar-refractivity contribution in [3.63, 3.8) is 0 Å². The van der Waals surface area contributed by atoms with Crippen molar-refractivity contribution < 1.29 is 0 Å². The Morgan fingerprint density at radius 3 is 2.13 bits per heavy atom. The van der Waals surface area contributed by atoms with Gasteiger partial charge in [-0.25, -0.2) is 0 Å². The van der Waals surface area contributed by atoms with Crippen LogP contribution in [-0.2, 0) is 6.54 Å². The van der Waals surface area contributed by atoms with Crippen LogP contribution in [0, 0.1) is 0 Å². The van der Waals surface area contributed by atoms with Crippen LogP contribution in [-0.4, -0.2) is 6.04 Å². The Morgan fingerprint density at radius 2 is 1.67 bits per heavy atom. The van der Waals surface area contributed by atoms with Gasteiger partial charge in [0.2, 0.25) is 0 Å². The smallest absolute Gasteiger partial charge is 0.0207 e. The largest absolute Gasteiger partial charge is 0.310 e. The molecule has 1 aromatic carbocycles. The molecule has 0 bridgehead atoms. The minimum absolute atomic E-state index is 0.606. The summed E-state index contributed by atoms with van der Waals surface area (Å²) in [4.78, 5) is 0. The molecule has 0 unspecified atom stereocenters. The molecule has 1 heteroatoms. The zero-order chi connectivity index (χ0) is 11.3. The Bertz CT molecular complexity index is 274. The third-order valence-corrected chi connectivity index (χ3v) is 2.91. The van der Waals surface area contributed by atoms with Crippen molar-refractivity contribution in [3.8, 4) is 0 Å². The highest BCUT2D eigenvalue weighted by Gasteiger charge is 2.00. The van der Waals surface area contributed by atoms with Crippen molar-refractivity contribution in [1.29, 1.82) is 0 Å². The van der Waals surface area contributed by atoms with Crippen molar-refractivity contribution in [2.75, 3.05) is 0 Å². The molecule has 0 fully saturated rings. The molecule has 0 aliphatic carbocycles. The lowest BCUT2D eigenvalue weighted by Crippen LogP contribution is -2.24. The van der Waals surface area contributed by atoms with Crippen LogP contribution in [0.5, 0.6) is 0 Å². The first-order chi connectivity index (χ1) is 7.13. The predicted octanol–water partition coefficient (Wildman–Crippen LogP) is 3.70. The van der Waals surface area contributed by atoms with E-state index in [2.05, 4.69) is 57.3 Å². The molecule has 15 heavy (non-hydrogen) atoms. The van der Waals surface area contributed by atoms with Crippen LogP contribution in [0.15, 0.2) is 24.3 Å². The van der Waals surface area contributed by atoms with E-state index in [0.29, 0.717) is 12.0 Å². The Balaban J connectivity index is 2.50. The fourth-order valence-corrected chi connectivity index (χ4v) is 1.46. The van der Waals surface area contributed by atoms with Crippen LogP contribution in [0.25, 0.3) is 0 Å². The number of nitrogens with one attached hydrogen (secondary N) is 1. The van der Waals surface area contributed by atoms with E-state index in [1.807, 2.05) is 0 Å². The summed E-state index contributed by atoms with van der Waals surface area (Å²) < 4.78 is 0. The molecule has 1 rings (SSSR count). The van der Waals surface area contributed by atoms with Crippen LogP contribution in [0.2, 0.25) is 0 Å². The van der Waals surface area contributed by atoms with E-state index < -0.39 is 0 Å². The van der Waals surface area contributed by atoms with E-state index in [1.165, 1.54) is 17.5 Å². The highest BCUT2D eigenvalue weighted by Crippen LogP contribution is 2.14. The van der Waals surface area contributed by atoms with Gasteiger partial charge in [-0.3, -0.25) is 0 Å². The van der Waals surface area contributed by atoms with Gasteiger partial charge in [0.15, 0.2) is 0 Å². The monoisotopic (exact) mass is 205 g/mol. The van der Waals surface area contributed by atoms with Crippen LogP contribution in [0.1, 0.15) is 51.2 Å². The van der Waals surface area contributed by atoms with Gasteiger partial charge in [-0.15, -0.1) is 0 Å². The lowest BCUT2D eigenvalue weighted by molar-refractivity contribution is 0.534. The predicted molar refractivity (Wildman–Crippen MR) is 67.1 cm³/mol. The summed E-state index contributed by atoms with van der Waals surface area (Å²) in [7, 11) is 0. The average molecular weight is 205 g/mol. The highest BCUT2D eigenvalue weighted by atomic mass is 14.9. The molecule has 1 nitrogen and oxygen atoms in total. The maximum atomic E-state index is 3.50. The summed E-state index contributed by atoms with van der Waals surface area (Å²) in [5.41, 5.74) is 2.79. The quantitative estimate of drug-likeness (QED) is 0.773. The summed E-state index contributed by atoms with van der Waals surface area (Å²) in [5, 5.41) is 3.50.